The Labute approximate surface area is 74.0 Å². The molecule has 0 aliphatic rings. The molecular formula is C8H9F2NS. The molecule has 0 unspecified atom stereocenters. The van der Waals surface area contributed by atoms with Gasteiger partial charge in [0.1, 0.15) is 11.6 Å². The van der Waals surface area contributed by atoms with Crippen LogP contribution < -0.4 is 5.73 Å². The van der Waals surface area contributed by atoms with Crippen LogP contribution in [-0.2, 0) is 0 Å². The second-order valence-corrected chi connectivity index (χ2v) is 3.54. The zero-order valence-corrected chi connectivity index (χ0v) is 7.42. The van der Waals surface area contributed by atoms with Crippen LogP contribution in [0.3, 0.4) is 0 Å². The van der Waals surface area contributed by atoms with E-state index in [1.54, 1.807) is 0 Å². The van der Waals surface area contributed by atoms with Gasteiger partial charge in [-0.2, -0.15) is 0 Å². The van der Waals surface area contributed by atoms with Gasteiger partial charge in [0.2, 0.25) is 0 Å². The first-order chi connectivity index (χ1) is 5.65. The van der Waals surface area contributed by atoms with Crippen molar-refractivity contribution >= 4 is 17.4 Å². The Hall–Kier alpha value is -0.770. The molecule has 0 bridgehead atoms. The molecule has 1 aromatic carbocycles. The minimum Gasteiger partial charge on any atom is -0.396 e. The Balaban J connectivity index is 3.05. The van der Waals surface area contributed by atoms with Crippen LogP contribution in [0.2, 0.25) is 0 Å². The summed E-state index contributed by atoms with van der Waals surface area (Å²) < 4.78 is 25.7. The molecule has 1 aromatic rings. The van der Waals surface area contributed by atoms with E-state index in [2.05, 4.69) is 0 Å². The van der Waals surface area contributed by atoms with Gasteiger partial charge in [-0.05, 0) is 11.8 Å². The molecule has 4 heteroatoms. The van der Waals surface area contributed by atoms with Crippen molar-refractivity contribution in [3.63, 3.8) is 0 Å². The summed E-state index contributed by atoms with van der Waals surface area (Å²) in [6.07, 6.45) is 0. The Morgan fingerprint density at radius 1 is 1.33 bits per heavy atom. The van der Waals surface area contributed by atoms with Crippen LogP contribution >= 0.6 is 11.8 Å². The predicted octanol–water partition coefficient (Wildman–Crippen LogP) is 2.66. The molecule has 0 amide bonds. The fraction of sp³-hybridized carbons (Fsp3) is 0.250. The van der Waals surface area contributed by atoms with Crippen molar-refractivity contribution in [2.45, 2.75) is 11.8 Å². The lowest BCUT2D eigenvalue weighted by Crippen LogP contribution is -1.93. The Morgan fingerprint density at radius 3 is 2.58 bits per heavy atom. The van der Waals surface area contributed by atoms with Crippen LogP contribution in [0.1, 0.15) is 6.92 Å². The van der Waals surface area contributed by atoms with Crippen molar-refractivity contribution in [2.75, 3.05) is 11.5 Å². The van der Waals surface area contributed by atoms with Crippen LogP contribution in [0.5, 0.6) is 0 Å². The van der Waals surface area contributed by atoms with E-state index in [0.29, 0.717) is 10.6 Å². The molecule has 1 rings (SSSR count). The second kappa shape index (κ2) is 3.76. The summed E-state index contributed by atoms with van der Waals surface area (Å²) in [6.45, 7) is 1.87. The normalized spacial score (nSPS) is 10.2. The standard InChI is InChI=1S/C8H9F2NS/c1-2-12-8-4-5(9)7(11)3-6(8)10/h3-4H,2,11H2,1H3. The molecule has 12 heavy (non-hydrogen) atoms. The lowest BCUT2D eigenvalue weighted by molar-refractivity contribution is 0.580. The second-order valence-electron chi connectivity index (χ2n) is 2.24. The fourth-order valence-electron chi connectivity index (χ4n) is 0.810. The Kier molecular flexibility index (Phi) is 2.92. The van der Waals surface area contributed by atoms with E-state index >= 15 is 0 Å². The van der Waals surface area contributed by atoms with E-state index in [4.69, 9.17) is 5.73 Å². The number of halogens is 2. The molecule has 0 heterocycles. The number of thioether (sulfide) groups is 1. The van der Waals surface area contributed by atoms with E-state index in [0.717, 1.165) is 12.1 Å². The number of anilines is 1. The van der Waals surface area contributed by atoms with Crippen LogP contribution in [0.25, 0.3) is 0 Å². The highest BCUT2D eigenvalue weighted by Crippen LogP contribution is 2.25. The maximum atomic E-state index is 12.9. The Morgan fingerprint density at radius 2 is 2.00 bits per heavy atom. The largest absolute Gasteiger partial charge is 0.396 e. The quantitative estimate of drug-likeness (QED) is 0.571. The van der Waals surface area contributed by atoms with Gasteiger partial charge in [-0.1, -0.05) is 6.92 Å². The first kappa shape index (κ1) is 9.32. The number of rotatable bonds is 2. The number of nitrogen functional groups attached to an aromatic ring is 1. The maximum Gasteiger partial charge on any atom is 0.147 e. The summed E-state index contributed by atoms with van der Waals surface area (Å²) in [5, 5.41) is 0. The summed E-state index contributed by atoms with van der Waals surface area (Å²) in [7, 11) is 0. The zero-order chi connectivity index (χ0) is 9.14. The third-order valence-corrected chi connectivity index (χ3v) is 2.26. The molecule has 0 saturated carbocycles. The molecule has 0 fully saturated rings. The van der Waals surface area contributed by atoms with E-state index in [1.807, 2.05) is 6.92 Å². The van der Waals surface area contributed by atoms with E-state index in [9.17, 15) is 8.78 Å². The minimum absolute atomic E-state index is 0.145. The molecule has 0 aromatic heterocycles. The zero-order valence-electron chi connectivity index (χ0n) is 6.60. The molecule has 0 atom stereocenters. The van der Waals surface area contributed by atoms with Gasteiger partial charge < -0.3 is 5.73 Å². The summed E-state index contributed by atoms with van der Waals surface area (Å²) in [4.78, 5) is 0.309. The number of hydrogen-bond donors (Lipinski definition) is 1. The monoisotopic (exact) mass is 189 g/mol. The lowest BCUT2D eigenvalue weighted by atomic mass is 10.3. The highest BCUT2D eigenvalue weighted by molar-refractivity contribution is 7.99. The first-order valence-corrected chi connectivity index (χ1v) is 4.51. The minimum atomic E-state index is -0.563. The number of benzene rings is 1. The molecule has 0 radical (unpaired) electrons. The van der Waals surface area contributed by atoms with Gasteiger partial charge in [0.15, 0.2) is 0 Å². The van der Waals surface area contributed by atoms with Crippen molar-refractivity contribution < 1.29 is 8.78 Å². The van der Waals surface area contributed by atoms with Gasteiger partial charge in [0.05, 0.1) is 5.69 Å². The smallest absolute Gasteiger partial charge is 0.147 e. The summed E-state index contributed by atoms with van der Waals surface area (Å²) >= 11 is 1.25. The van der Waals surface area contributed by atoms with Crippen LogP contribution in [0, 0.1) is 11.6 Å². The van der Waals surface area contributed by atoms with Crippen molar-refractivity contribution in [3.8, 4) is 0 Å². The summed E-state index contributed by atoms with van der Waals surface area (Å²) in [6, 6.07) is 2.13. The van der Waals surface area contributed by atoms with Crippen LogP contribution in [-0.4, -0.2) is 5.75 Å². The summed E-state index contributed by atoms with van der Waals surface area (Å²) in [5.74, 6) is -0.312. The van der Waals surface area contributed by atoms with Gasteiger partial charge in [-0.3, -0.25) is 0 Å². The van der Waals surface area contributed by atoms with Gasteiger partial charge >= 0.3 is 0 Å². The SMILES string of the molecule is CCSc1cc(F)c(N)cc1F. The van der Waals surface area contributed by atoms with Crippen LogP contribution in [0.15, 0.2) is 17.0 Å². The topological polar surface area (TPSA) is 26.0 Å². The van der Waals surface area contributed by atoms with Gasteiger partial charge in [-0.25, -0.2) is 8.78 Å². The highest BCUT2D eigenvalue weighted by atomic mass is 32.2. The molecule has 0 aliphatic heterocycles. The average Bonchev–Trinajstić information content (AvgIpc) is 2.01. The molecule has 0 spiro atoms. The number of nitrogens with two attached hydrogens (primary N) is 1. The van der Waals surface area contributed by atoms with E-state index in [-0.39, 0.29) is 5.69 Å². The molecular weight excluding hydrogens is 180 g/mol. The maximum absolute atomic E-state index is 12.9. The van der Waals surface area contributed by atoms with Crippen molar-refractivity contribution in [1.82, 2.24) is 0 Å². The van der Waals surface area contributed by atoms with Gasteiger partial charge in [-0.15, -0.1) is 11.8 Å². The van der Waals surface area contributed by atoms with E-state index in [1.165, 1.54) is 11.8 Å². The van der Waals surface area contributed by atoms with Crippen molar-refractivity contribution in [3.05, 3.63) is 23.8 Å². The van der Waals surface area contributed by atoms with Crippen molar-refractivity contribution in [2.24, 2.45) is 0 Å². The van der Waals surface area contributed by atoms with Crippen LogP contribution in [0.4, 0.5) is 14.5 Å². The highest BCUT2D eigenvalue weighted by Gasteiger charge is 2.06. The molecule has 1 nitrogen and oxygen atoms in total. The molecule has 0 aliphatic carbocycles. The van der Waals surface area contributed by atoms with Gasteiger partial charge in [0, 0.05) is 11.0 Å². The van der Waals surface area contributed by atoms with Crippen molar-refractivity contribution in [1.29, 1.82) is 0 Å². The third-order valence-electron chi connectivity index (χ3n) is 1.35. The lowest BCUT2D eigenvalue weighted by Gasteiger charge is -2.02. The summed E-state index contributed by atoms with van der Waals surface area (Å²) in [5.41, 5.74) is 5.02. The predicted molar refractivity (Wildman–Crippen MR) is 47.2 cm³/mol. The Bertz CT molecular complexity index is 289. The van der Waals surface area contributed by atoms with E-state index < -0.39 is 11.6 Å². The molecule has 66 valence electrons. The first-order valence-electron chi connectivity index (χ1n) is 3.52. The average molecular weight is 189 g/mol. The van der Waals surface area contributed by atoms with Gasteiger partial charge in [0.25, 0.3) is 0 Å². The molecule has 0 saturated heterocycles. The third kappa shape index (κ3) is 1.88. The molecule has 2 N–H and O–H groups in total. The fourth-order valence-corrected chi connectivity index (χ4v) is 1.50. The number of hydrogen-bond acceptors (Lipinski definition) is 2.